The summed E-state index contributed by atoms with van der Waals surface area (Å²) < 4.78 is 11.0. The van der Waals surface area contributed by atoms with E-state index in [1.807, 2.05) is 0 Å². The topological polar surface area (TPSA) is 44.5 Å². The maximum atomic E-state index is 6.43. The Morgan fingerprint density at radius 1 is 1.33 bits per heavy atom. The Morgan fingerprint density at radius 3 is 2.61 bits per heavy atom. The van der Waals surface area contributed by atoms with E-state index >= 15 is 0 Å². The second kappa shape index (κ2) is 5.29. The zero-order valence-corrected chi connectivity index (χ0v) is 11.7. The van der Waals surface area contributed by atoms with E-state index in [1.165, 1.54) is 11.1 Å². The van der Waals surface area contributed by atoms with Crippen molar-refractivity contribution in [3.05, 3.63) is 28.8 Å². The van der Waals surface area contributed by atoms with Crippen molar-refractivity contribution in [3.8, 4) is 5.75 Å². The van der Waals surface area contributed by atoms with Crippen molar-refractivity contribution in [1.82, 2.24) is 0 Å². The summed E-state index contributed by atoms with van der Waals surface area (Å²) in [4.78, 5) is 0. The monoisotopic (exact) mass is 249 g/mol. The van der Waals surface area contributed by atoms with Gasteiger partial charge in [0.1, 0.15) is 5.75 Å². The van der Waals surface area contributed by atoms with Gasteiger partial charge in [0.15, 0.2) is 0 Å². The molecular weight excluding hydrogens is 226 g/mol. The molecule has 18 heavy (non-hydrogen) atoms. The number of aryl methyl sites for hydroxylation is 2. The maximum absolute atomic E-state index is 6.43. The molecule has 1 aromatic rings. The fraction of sp³-hybridized carbons (Fsp3) is 0.600. The molecule has 0 aliphatic carbocycles. The molecular formula is C15H23NO2. The van der Waals surface area contributed by atoms with Gasteiger partial charge in [-0.15, -0.1) is 0 Å². The highest BCUT2D eigenvalue weighted by Crippen LogP contribution is 2.35. The van der Waals surface area contributed by atoms with Crippen LogP contribution in [0.3, 0.4) is 0 Å². The van der Waals surface area contributed by atoms with E-state index in [0.717, 1.165) is 24.3 Å². The van der Waals surface area contributed by atoms with E-state index < -0.39 is 0 Å². The molecule has 0 radical (unpaired) electrons. The van der Waals surface area contributed by atoms with Crippen molar-refractivity contribution in [2.75, 3.05) is 13.7 Å². The molecule has 0 aromatic heterocycles. The number of hydrogen-bond donors (Lipinski definition) is 1. The second-order valence-electron chi connectivity index (χ2n) is 5.23. The van der Waals surface area contributed by atoms with Crippen LogP contribution >= 0.6 is 0 Å². The van der Waals surface area contributed by atoms with E-state index in [2.05, 4.69) is 32.9 Å². The van der Waals surface area contributed by atoms with Crippen LogP contribution in [0, 0.1) is 19.8 Å². The van der Waals surface area contributed by atoms with Crippen LogP contribution in [-0.4, -0.2) is 19.8 Å². The first-order valence-electron chi connectivity index (χ1n) is 6.57. The molecule has 100 valence electrons. The zero-order valence-electron chi connectivity index (χ0n) is 11.7. The third kappa shape index (κ3) is 2.38. The van der Waals surface area contributed by atoms with Crippen LogP contribution in [0.5, 0.6) is 5.75 Å². The molecule has 3 heteroatoms. The molecule has 2 rings (SSSR count). The first-order valence-corrected chi connectivity index (χ1v) is 6.57. The van der Waals surface area contributed by atoms with Gasteiger partial charge in [0.2, 0.25) is 0 Å². The highest BCUT2D eigenvalue weighted by Gasteiger charge is 2.31. The van der Waals surface area contributed by atoms with E-state index in [1.54, 1.807) is 7.11 Å². The number of hydrogen-bond acceptors (Lipinski definition) is 3. The number of ether oxygens (including phenoxy) is 2. The standard InChI is InChI=1S/C15H23NO2/c1-9-8-14(17-4)10(2)7-13(9)15(16)12-5-6-18-11(12)3/h7-8,11-12,15H,5-6,16H2,1-4H3. The van der Waals surface area contributed by atoms with Crippen LogP contribution < -0.4 is 10.5 Å². The summed E-state index contributed by atoms with van der Waals surface area (Å²) >= 11 is 0. The Balaban J connectivity index is 2.30. The van der Waals surface area contributed by atoms with Crippen LogP contribution in [0.15, 0.2) is 12.1 Å². The molecule has 3 atom stereocenters. The lowest BCUT2D eigenvalue weighted by Gasteiger charge is -2.24. The molecule has 0 bridgehead atoms. The fourth-order valence-corrected chi connectivity index (χ4v) is 2.84. The molecule has 1 aliphatic rings. The van der Waals surface area contributed by atoms with Crippen molar-refractivity contribution in [1.29, 1.82) is 0 Å². The lowest BCUT2D eigenvalue weighted by Crippen LogP contribution is -2.27. The number of nitrogens with two attached hydrogens (primary N) is 1. The number of methoxy groups -OCH3 is 1. The quantitative estimate of drug-likeness (QED) is 0.895. The van der Waals surface area contributed by atoms with Gasteiger partial charge in [-0.3, -0.25) is 0 Å². The van der Waals surface area contributed by atoms with Gasteiger partial charge in [0.05, 0.1) is 13.2 Å². The molecule has 0 spiro atoms. The molecule has 3 nitrogen and oxygen atoms in total. The third-order valence-electron chi connectivity index (χ3n) is 4.04. The average Bonchev–Trinajstić information content (AvgIpc) is 2.77. The predicted molar refractivity (Wildman–Crippen MR) is 72.9 cm³/mol. The van der Waals surface area contributed by atoms with Crippen molar-refractivity contribution in [3.63, 3.8) is 0 Å². The highest BCUT2D eigenvalue weighted by molar-refractivity contribution is 5.43. The molecule has 1 aliphatic heterocycles. The number of rotatable bonds is 3. The lowest BCUT2D eigenvalue weighted by atomic mass is 9.86. The largest absolute Gasteiger partial charge is 0.496 e. The molecule has 1 fully saturated rings. The average molecular weight is 249 g/mol. The van der Waals surface area contributed by atoms with Crippen LogP contribution in [0.4, 0.5) is 0 Å². The Labute approximate surface area is 109 Å². The smallest absolute Gasteiger partial charge is 0.122 e. The van der Waals surface area contributed by atoms with Gasteiger partial charge >= 0.3 is 0 Å². The van der Waals surface area contributed by atoms with Crippen LogP contribution in [0.2, 0.25) is 0 Å². The molecule has 2 N–H and O–H groups in total. The summed E-state index contributed by atoms with van der Waals surface area (Å²) in [7, 11) is 1.70. The highest BCUT2D eigenvalue weighted by atomic mass is 16.5. The summed E-state index contributed by atoms with van der Waals surface area (Å²) in [5.41, 5.74) is 9.99. The second-order valence-corrected chi connectivity index (χ2v) is 5.23. The normalized spacial score (nSPS) is 25.2. The van der Waals surface area contributed by atoms with Crippen LogP contribution in [0.25, 0.3) is 0 Å². The van der Waals surface area contributed by atoms with Crippen LogP contribution in [-0.2, 0) is 4.74 Å². The van der Waals surface area contributed by atoms with Gasteiger partial charge in [-0.05, 0) is 49.9 Å². The summed E-state index contributed by atoms with van der Waals surface area (Å²) in [6.45, 7) is 7.09. The summed E-state index contributed by atoms with van der Waals surface area (Å²) in [5.74, 6) is 1.34. The predicted octanol–water partition coefficient (Wildman–Crippen LogP) is 2.74. The molecule has 1 heterocycles. The molecule has 1 saturated heterocycles. The minimum absolute atomic E-state index is 0.0482. The van der Waals surface area contributed by atoms with Crippen molar-refractivity contribution >= 4 is 0 Å². The Kier molecular flexibility index (Phi) is 3.93. The minimum Gasteiger partial charge on any atom is -0.496 e. The molecule has 3 unspecified atom stereocenters. The van der Waals surface area contributed by atoms with Crippen molar-refractivity contribution < 1.29 is 9.47 Å². The van der Waals surface area contributed by atoms with Crippen molar-refractivity contribution in [2.24, 2.45) is 11.7 Å². The Bertz CT molecular complexity index is 431. The SMILES string of the molecule is COc1cc(C)c(C(N)C2CCOC2C)cc1C. The Hall–Kier alpha value is -1.06. The number of benzene rings is 1. The summed E-state index contributed by atoms with van der Waals surface area (Å²) in [6.07, 6.45) is 1.30. The summed E-state index contributed by atoms with van der Waals surface area (Å²) in [6, 6.07) is 4.28. The van der Waals surface area contributed by atoms with Gasteiger partial charge in [-0.25, -0.2) is 0 Å². The van der Waals surface area contributed by atoms with Gasteiger partial charge < -0.3 is 15.2 Å². The van der Waals surface area contributed by atoms with Crippen molar-refractivity contribution in [2.45, 2.75) is 39.3 Å². The lowest BCUT2D eigenvalue weighted by molar-refractivity contribution is 0.0994. The van der Waals surface area contributed by atoms with Gasteiger partial charge in [-0.2, -0.15) is 0 Å². The van der Waals surface area contributed by atoms with E-state index in [-0.39, 0.29) is 12.1 Å². The first kappa shape index (κ1) is 13.4. The Morgan fingerprint density at radius 2 is 2.06 bits per heavy atom. The van der Waals surface area contributed by atoms with E-state index in [0.29, 0.717) is 5.92 Å². The first-order chi connectivity index (χ1) is 8.54. The molecule has 0 amide bonds. The molecule has 0 saturated carbocycles. The fourth-order valence-electron chi connectivity index (χ4n) is 2.84. The van der Waals surface area contributed by atoms with E-state index in [9.17, 15) is 0 Å². The van der Waals surface area contributed by atoms with Gasteiger partial charge in [0, 0.05) is 18.6 Å². The van der Waals surface area contributed by atoms with Crippen LogP contribution in [0.1, 0.15) is 36.1 Å². The van der Waals surface area contributed by atoms with E-state index in [4.69, 9.17) is 15.2 Å². The third-order valence-corrected chi connectivity index (χ3v) is 4.04. The van der Waals surface area contributed by atoms with Gasteiger partial charge in [-0.1, -0.05) is 6.07 Å². The maximum Gasteiger partial charge on any atom is 0.122 e. The van der Waals surface area contributed by atoms with Gasteiger partial charge in [0.25, 0.3) is 0 Å². The molecule has 1 aromatic carbocycles. The minimum atomic E-state index is 0.0482. The zero-order chi connectivity index (χ0) is 13.3. The summed E-state index contributed by atoms with van der Waals surface area (Å²) in [5, 5.41) is 0.